The first-order valence-electron chi connectivity index (χ1n) is 8.02. The van der Waals surface area contributed by atoms with Crippen LogP contribution in [-0.4, -0.2) is 47.8 Å². The molecule has 2 aliphatic rings. The predicted molar refractivity (Wildman–Crippen MR) is 78.8 cm³/mol. The van der Waals surface area contributed by atoms with Crippen molar-refractivity contribution >= 4 is 5.97 Å². The number of ether oxygens (including phenoxy) is 1. The van der Waals surface area contributed by atoms with Gasteiger partial charge in [0.25, 0.3) is 0 Å². The van der Waals surface area contributed by atoms with Gasteiger partial charge >= 0.3 is 5.97 Å². The molecule has 1 aliphatic carbocycles. The van der Waals surface area contributed by atoms with Crippen LogP contribution in [0.15, 0.2) is 0 Å². The van der Waals surface area contributed by atoms with E-state index < -0.39 is 12.0 Å². The fourth-order valence-corrected chi connectivity index (χ4v) is 3.74. The molecule has 1 saturated carbocycles. The number of rotatable bonds is 4. The first-order chi connectivity index (χ1) is 9.45. The van der Waals surface area contributed by atoms with Gasteiger partial charge in [-0.15, -0.1) is 0 Å². The number of hydrogen-bond donors (Lipinski definition) is 1. The predicted octanol–water partition coefficient (Wildman–Crippen LogP) is 2.77. The molecule has 1 atom stereocenters. The van der Waals surface area contributed by atoms with Crippen LogP contribution in [0.4, 0.5) is 0 Å². The lowest BCUT2D eigenvalue weighted by Gasteiger charge is -2.45. The van der Waals surface area contributed by atoms with Crippen LogP contribution in [0, 0.1) is 11.3 Å². The summed E-state index contributed by atoms with van der Waals surface area (Å²) < 4.78 is 5.33. The molecule has 0 aromatic heterocycles. The van der Waals surface area contributed by atoms with Gasteiger partial charge in [0, 0.05) is 12.6 Å². The second-order valence-electron chi connectivity index (χ2n) is 7.01. The highest BCUT2D eigenvalue weighted by atomic mass is 16.5. The summed E-state index contributed by atoms with van der Waals surface area (Å²) in [5, 5.41) is 9.34. The number of morpholine rings is 1. The van der Waals surface area contributed by atoms with E-state index in [0.29, 0.717) is 24.7 Å². The van der Waals surface area contributed by atoms with Crippen molar-refractivity contribution in [3.63, 3.8) is 0 Å². The molecule has 0 aromatic rings. The molecule has 1 N–H and O–H groups in total. The number of aliphatic carboxylic acids is 1. The largest absolute Gasteiger partial charge is 0.480 e. The third-order valence-corrected chi connectivity index (χ3v) is 5.64. The summed E-state index contributed by atoms with van der Waals surface area (Å²) in [6.07, 6.45) is 5.96. The Kier molecular flexibility index (Phi) is 5.08. The van der Waals surface area contributed by atoms with Crippen LogP contribution in [0.25, 0.3) is 0 Å². The van der Waals surface area contributed by atoms with E-state index in [1.807, 2.05) is 0 Å². The van der Waals surface area contributed by atoms with E-state index in [1.54, 1.807) is 0 Å². The van der Waals surface area contributed by atoms with E-state index in [4.69, 9.17) is 4.74 Å². The molecule has 1 unspecified atom stereocenters. The fourth-order valence-electron chi connectivity index (χ4n) is 3.74. The molecule has 4 heteroatoms. The molecular weight excluding hydrogens is 254 g/mol. The first kappa shape index (κ1) is 15.8. The molecule has 0 amide bonds. The van der Waals surface area contributed by atoms with Crippen LogP contribution in [0.1, 0.15) is 52.9 Å². The van der Waals surface area contributed by atoms with E-state index in [1.165, 1.54) is 19.3 Å². The number of hydrogen-bond acceptors (Lipinski definition) is 3. The molecule has 2 rings (SSSR count). The topological polar surface area (TPSA) is 49.8 Å². The van der Waals surface area contributed by atoms with Gasteiger partial charge in [-0.2, -0.15) is 0 Å². The van der Waals surface area contributed by atoms with Crippen molar-refractivity contribution in [3.05, 3.63) is 0 Å². The zero-order valence-corrected chi connectivity index (χ0v) is 13.1. The zero-order chi connectivity index (χ0) is 14.8. The van der Waals surface area contributed by atoms with Crippen molar-refractivity contribution in [2.45, 2.75) is 65.0 Å². The Hall–Kier alpha value is -0.610. The van der Waals surface area contributed by atoms with E-state index in [0.717, 1.165) is 25.3 Å². The van der Waals surface area contributed by atoms with Gasteiger partial charge in [-0.05, 0) is 37.0 Å². The van der Waals surface area contributed by atoms with E-state index in [2.05, 4.69) is 25.7 Å². The van der Waals surface area contributed by atoms with Crippen molar-refractivity contribution in [1.29, 1.82) is 0 Å². The fraction of sp³-hybridized carbons (Fsp3) is 0.938. The molecule has 1 saturated heterocycles. The quantitative estimate of drug-likeness (QED) is 0.862. The van der Waals surface area contributed by atoms with Gasteiger partial charge in [0.05, 0.1) is 13.2 Å². The highest BCUT2D eigenvalue weighted by molar-refractivity contribution is 5.73. The number of nitrogens with zero attached hydrogens (tertiary/aromatic N) is 1. The summed E-state index contributed by atoms with van der Waals surface area (Å²) in [6.45, 7) is 8.79. The van der Waals surface area contributed by atoms with Crippen LogP contribution in [0.5, 0.6) is 0 Å². The maximum atomic E-state index is 11.4. The Bertz CT molecular complexity index is 335. The zero-order valence-electron chi connectivity index (χ0n) is 13.1. The lowest BCUT2D eigenvalue weighted by atomic mass is 9.68. The Labute approximate surface area is 122 Å². The van der Waals surface area contributed by atoms with Gasteiger partial charge in [0.15, 0.2) is 0 Å². The molecule has 20 heavy (non-hydrogen) atoms. The standard InChI is InChI=1S/C16H29NO3/c1-4-16(2,3)12-5-7-13(8-6-12)17-9-10-20-11-14(17)15(18)19/h12-14H,4-11H2,1-3H3,(H,18,19). The molecule has 0 spiro atoms. The summed E-state index contributed by atoms with van der Waals surface area (Å²) >= 11 is 0. The van der Waals surface area contributed by atoms with E-state index in [-0.39, 0.29) is 0 Å². The molecule has 0 aromatic carbocycles. The Morgan fingerprint density at radius 2 is 1.95 bits per heavy atom. The van der Waals surface area contributed by atoms with Crippen molar-refractivity contribution in [1.82, 2.24) is 4.90 Å². The SMILES string of the molecule is CCC(C)(C)C1CCC(N2CCOCC2C(=O)O)CC1. The smallest absolute Gasteiger partial charge is 0.323 e. The third kappa shape index (κ3) is 3.34. The number of carbonyl (C=O) groups is 1. The van der Waals surface area contributed by atoms with Crippen molar-refractivity contribution in [2.75, 3.05) is 19.8 Å². The second kappa shape index (κ2) is 6.44. The monoisotopic (exact) mass is 283 g/mol. The first-order valence-corrected chi connectivity index (χ1v) is 8.02. The Morgan fingerprint density at radius 1 is 1.30 bits per heavy atom. The van der Waals surface area contributed by atoms with E-state index >= 15 is 0 Å². The molecule has 1 heterocycles. The summed E-state index contributed by atoms with van der Waals surface area (Å²) in [7, 11) is 0. The average molecular weight is 283 g/mol. The molecule has 1 aliphatic heterocycles. The minimum atomic E-state index is -0.735. The summed E-state index contributed by atoms with van der Waals surface area (Å²) in [5.74, 6) is 0.0498. The molecule has 116 valence electrons. The lowest BCUT2D eigenvalue weighted by molar-refractivity contribution is -0.152. The highest BCUT2D eigenvalue weighted by Crippen LogP contribution is 2.41. The minimum Gasteiger partial charge on any atom is -0.480 e. The van der Waals surface area contributed by atoms with Gasteiger partial charge in [-0.25, -0.2) is 0 Å². The molecular formula is C16H29NO3. The summed E-state index contributed by atoms with van der Waals surface area (Å²) in [5.41, 5.74) is 0.419. The second-order valence-corrected chi connectivity index (χ2v) is 7.01. The Morgan fingerprint density at radius 3 is 2.50 bits per heavy atom. The van der Waals surface area contributed by atoms with E-state index in [9.17, 15) is 9.90 Å². The van der Waals surface area contributed by atoms with Crippen LogP contribution < -0.4 is 0 Å². The third-order valence-electron chi connectivity index (χ3n) is 5.64. The van der Waals surface area contributed by atoms with Crippen molar-refractivity contribution in [2.24, 2.45) is 11.3 Å². The van der Waals surface area contributed by atoms with Crippen LogP contribution in [-0.2, 0) is 9.53 Å². The maximum Gasteiger partial charge on any atom is 0.323 e. The highest BCUT2D eigenvalue weighted by Gasteiger charge is 2.38. The van der Waals surface area contributed by atoms with Gasteiger partial charge in [-0.3, -0.25) is 9.69 Å². The van der Waals surface area contributed by atoms with Crippen LogP contribution >= 0.6 is 0 Å². The van der Waals surface area contributed by atoms with Gasteiger partial charge < -0.3 is 9.84 Å². The number of carboxylic acid groups (broad SMARTS) is 1. The minimum absolute atomic E-state index is 0.343. The molecule has 4 nitrogen and oxygen atoms in total. The van der Waals surface area contributed by atoms with Crippen LogP contribution in [0.3, 0.4) is 0 Å². The van der Waals surface area contributed by atoms with Crippen LogP contribution in [0.2, 0.25) is 0 Å². The average Bonchev–Trinajstić information content (AvgIpc) is 2.47. The lowest BCUT2D eigenvalue weighted by Crippen LogP contribution is -2.55. The molecule has 2 fully saturated rings. The maximum absolute atomic E-state index is 11.4. The van der Waals surface area contributed by atoms with Crippen molar-refractivity contribution in [3.8, 4) is 0 Å². The van der Waals surface area contributed by atoms with Crippen molar-refractivity contribution < 1.29 is 14.6 Å². The molecule has 0 radical (unpaired) electrons. The van der Waals surface area contributed by atoms with Gasteiger partial charge in [0.2, 0.25) is 0 Å². The summed E-state index contributed by atoms with van der Waals surface area (Å²) in [4.78, 5) is 13.5. The molecule has 0 bridgehead atoms. The summed E-state index contributed by atoms with van der Waals surface area (Å²) in [6, 6.07) is -0.00612. The van der Waals surface area contributed by atoms with Gasteiger partial charge in [0.1, 0.15) is 6.04 Å². The normalized spacial score (nSPS) is 33.0. The number of carboxylic acids is 1. The van der Waals surface area contributed by atoms with Gasteiger partial charge in [-0.1, -0.05) is 27.2 Å². The Balaban J connectivity index is 1.94.